The fourth-order valence-electron chi connectivity index (χ4n) is 2.31. The Morgan fingerprint density at radius 3 is 2.41 bits per heavy atom. The van der Waals surface area contributed by atoms with Gasteiger partial charge < -0.3 is 5.32 Å². The van der Waals surface area contributed by atoms with Crippen LogP contribution in [0.2, 0.25) is 0 Å². The number of urea groups is 1. The Bertz CT molecular complexity index is 933. The van der Waals surface area contributed by atoms with E-state index in [2.05, 4.69) is 15.3 Å². The predicted octanol–water partition coefficient (Wildman–Crippen LogP) is 5.00. The molecule has 2 amide bonds. The summed E-state index contributed by atoms with van der Waals surface area (Å²) in [6.45, 7) is 0. The van der Waals surface area contributed by atoms with Crippen molar-refractivity contribution in [2.24, 2.45) is 0 Å². The average Bonchev–Trinajstić information content (AvgIpc) is 2.64. The second kappa shape index (κ2) is 7.40. The van der Waals surface area contributed by atoms with E-state index in [1.807, 2.05) is 0 Å². The Hall–Kier alpha value is -3.49. The zero-order valence-electron chi connectivity index (χ0n) is 13.6. The van der Waals surface area contributed by atoms with E-state index in [0.29, 0.717) is 23.9 Å². The summed E-state index contributed by atoms with van der Waals surface area (Å²) < 4.78 is 53.5. The largest absolute Gasteiger partial charge is 0.416 e. The molecule has 0 aliphatic heterocycles. The maximum absolute atomic E-state index is 14.4. The number of alkyl halides is 3. The maximum atomic E-state index is 14.4. The number of anilines is 3. The summed E-state index contributed by atoms with van der Waals surface area (Å²) in [5.74, 6) is -1.10. The van der Waals surface area contributed by atoms with Crippen LogP contribution in [0.15, 0.2) is 67.1 Å². The number of rotatable bonds is 3. The first-order valence-electron chi connectivity index (χ1n) is 7.65. The molecular weight excluding hydrogens is 364 g/mol. The Balaban J connectivity index is 2.07. The van der Waals surface area contributed by atoms with Gasteiger partial charge in [0.15, 0.2) is 0 Å². The van der Waals surface area contributed by atoms with Crippen molar-refractivity contribution in [1.82, 2.24) is 9.97 Å². The number of para-hydroxylation sites is 1. The van der Waals surface area contributed by atoms with Gasteiger partial charge in [0.1, 0.15) is 18.0 Å². The molecule has 3 aromatic rings. The standard InChI is InChI=1S/C18H12F4N4O/c19-14-7-6-12(18(20,21)22)10-15(14)26(16-8-9-23-11-24-16)17(27)25-13-4-2-1-3-5-13/h1-11H,(H,25,27). The molecule has 0 saturated heterocycles. The van der Waals surface area contributed by atoms with E-state index in [4.69, 9.17) is 0 Å². The van der Waals surface area contributed by atoms with E-state index in [0.717, 1.165) is 11.2 Å². The zero-order valence-corrected chi connectivity index (χ0v) is 13.6. The van der Waals surface area contributed by atoms with Gasteiger partial charge in [0.2, 0.25) is 0 Å². The van der Waals surface area contributed by atoms with Crippen LogP contribution in [0.4, 0.5) is 39.5 Å². The smallest absolute Gasteiger partial charge is 0.307 e. The maximum Gasteiger partial charge on any atom is 0.416 e. The third-order valence-corrected chi connectivity index (χ3v) is 3.54. The summed E-state index contributed by atoms with van der Waals surface area (Å²) in [5, 5.41) is 2.50. The summed E-state index contributed by atoms with van der Waals surface area (Å²) >= 11 is 0. The number of carbonyl (C=O) groups is 1. The van der Waals surface area contributed by atoms with Gasteiger partial charge >= 0.3 is 12.2 Å². The lowest BCUT2D eigenvalue weighted by molar-refractivity contribution is -0.137. The first-order chi connectivity index (χ1) is 12.9. The zero-order chi connectivity index (χ0) is 19.4. The quantitative estimate of drug-likeness (QED) is 0.654. The summed E-state index contributed by atoms with van der Waals surface area (Å²) in [6.07, 6.45) is -2.31. The minimum Gasteiger partial charge on any atom is -0.307 e. The van der Waals surface area contributed by atoms with Gasteiger partial charge in [-0.1, -0.05) is 18.2 Å². The highest BCUT2D eigenvalue weighted by molar-refractivity contribution is 6.06. The summed E-state index contributed by atoms with van der Waals surface area (Å²) in [6, 6.07) is 10.4. The van der Waals surface area contributed by atoms with E-state index in [1.54, 1.807) is 30.3 Å². The van der Waals surface area contributed by atoms with Crippen molar-refractivity contribution in [1.29, 1.82) is 0 Å². The van der Waals surface area contributed by atoms with Crippen molar-refractivity contribution in [3.8, 4) is 0 Å². The Kier molecular flexibility index (Phi) is 5.02. The number of nitrogens with zero attached hydrogens (tertiary/aromatic N) is 3. The van der Waals surface area contributed by atoms with Crippen LogP contribution in [0.3, 0.4) is 0 Å². The molecule has 27 heavy (non-hydrogen) atoms. The minimum absolute atomic E-state index is 0.0864. The van der Waals surface area contributed by atoms with Crippen LogP contribution in [0, 0.1) is 5.82 Å². The van der Waals surface area contributed by atoms with E-state index in [9.17, 15) is 22.4 Å². The number of carbonyl (C=O) groups excluding carboxylic acids is 1. The molecule has 3 rings (SSSR count). The molecule has 0 unspecified atom stereocenters. The van der Waals surface area contributed by atoms with E-state index < -0.39 is 29.3 Å². The topological polar surface area (TPSA) is 58.1 Å². The molecule has 1 aromatic heterocycles. The van der Waals surface area contributed by atoms with Gasteiger partial charge in [-0.25, -0.2) is 24.1 Å². The molecule has 0 spiro atoms. The van der Waals surface area contributed by atoms with Gasteiger partial charge in [-0.3, -0.25) is 0 Å². The molecule has 0 radical (unpaired) electrons. The monoisotopic (exact) mass is 376 g/mol. The van der Waals surface area contributed by atoms with Crippen LogP contribution >= 0.6 is 0 Å². The van der Waals surface area contributed by atoms with Crippen LogP contribution in [0.25, 0.3) is 0 Å². The number of hydrogen-bond acceptors (Lipinski definition) is 3. The molecule has 0 fully saturated rings. The van der Waals surface area contributed by atoms with Crippen LogP contribution in [0.1, 0.15) is 5.56 Å². The van der Waals surface area contributed by atoms with Gasteiger partial charge in [0.25, 0.3) is 0 Å². The van der Waals surface area contributed by atoms with Crippen molar-refractivity contribution in [2.45, 2.75) is 6.18 Å². The van der Waals surface area contributed by atoms with E-state index in [-0.39, 0.29) is 5.82 Å². The lowest BCUT2D eigenvalue weighted by Gasteiger charge is -2.23. The molecule has 9 heteroatoms. The van der Waals surface area contributed by atoms with Crippen LogP contribution < -0.4 is 10.2 Å². The first-order valence-corrected chi connectivity index (χ1v) is 7.65. The van der Waals surface area contributed by atoms with Gasteiger partial charge in [-0.15, -0.1) is 0 Å². The molecule has 0 aliphatic rings. The molecule has 1 N–H and O–H groups in total. The number of benzene rings is 2. The predicted molar refractivity (Wildman–Crippen MR) is 91.0 cm³/mol. The Morgan fingerprint density at radius 2 is 1.78 bits per heavy atom. The van der Waals surface area contributed by atoms with Crippen molar-refractivity contribution in [3.63, 3.8) is 0 Å². The fraction of sp³-hybridized carbons (Fsp3) is 0.0556. The molecule has 1 heterocycles. The molecule has 0 saturated carbocycles. The average molecular weight is 376 g/mol. The highest BCUT2D eigenvalue weighted by atomic mass is 19.4. The van der Waals surface area contributed by atoms with Gasteiger partial charge in [0.05, 0.1) is 11.3 Å². The molecule has 0 atom stereocenters. The van der Waals surface area contributed by atoms with Crippen molar-refractivity contribution in [2.75, 3.05) is 10.2 Å². The second-order valence-electron chi connectivity index (χ2n) is 5.36. The number of amides is 2. The molecular formula is C18H12F4N4O. The van der Waals surface area contributed by atoms with Gasteiger partial charge in [-0.2, -0.15) is 13.2 Å². The highest BCUT2D eigenvalue weighted by Gasteiger charge is 2.33. The third kappa shape index (κ3) is 4.20. The second-order valence-corrected chi connectivity index (χ2v) is 5.36. The number of aromatic nitrogens is 2. The fourth-order valence-corrected chi connectivity index (χ4v) is 2.31. The van der Waals surface area contributed by atoms with Crippen LogP contribution in [-0.4, -0.2) is 16.0 Å². The lowest BCUT2D eigenvalue weighted by Crippen LogP contribution is -2.32. The Labute approximate surface area is 151 Å². The SMILES string of the molecule is O=C(Nc1ccccc1)N(c1ccncn1)c1cc(C(F)(F)F)ccc1F. The summed E-state index contributed by atoms with van der Waals surface area (Å²) in [5.41, 5.74) is -1.30. The number of halogens is 4. The normalized spacial score (nSPS) is 11.1. The molecule has 0 bridgehead atoms. The minimum atomic E-state index is -4.70. The number of nitrogens with one attached hydrogen (secondary N) is 1. The molecule has 0 aliphatic carbocycles. The van der Waals surface area contributed by atoms with Crippen molar-refractivity contribution in [3.05, 3.63) is 78.5 Å². The lowest BCUT2D eigenvalue weighted by atomic mass is 10.1. The van der Waals surface area contributed by atoms with Gasteiger partial charge in [-0.05, 0) is 36.4 Å². The molecule has 2 aromatic carbocycles. The summed E-state index contributed by atoms with van der Waals surface area (Å²) in [4.78, 5) is 21.0. The van der Waals surface area contributed by atoms with E-state index in [1.165, 1.54) is 12.3 Å². The van der Waals surface area contributed by atoms with Crippen LogP contribution in [-0.2, 0) is 6.18 Å². The number of hydrogen-bond donors (Lipinski definition) is 1. The third-order valence-electron chi connectivity index (χ3n) is 3.54. The van der Waals surface area contributed by atoms with Crippen molar-refractivity contribution < 1.29 is 22.4 Å². The van der Waals surface area contributed by atoms with Gasteiger partial charge in [0, 0.05) is 11.9 Å². The summed E-state index contributed by atoms with van der Waals surface area (Å²) in [7, 11) is 0. The van der Waals surface area contributed by atoms with Crippen LogP contribution in [0.5, 0.6) is 0 Å². The molecule has 138 valence electrons. The first kappa shape index (κ1) is 18.3. The van der Waals surface area contributed by atoms with E-state index >= 15 is 0 Å². The Morgan fingerprint density at radius 1 is 1.04 bits per heavy atom. The van der Waals surface area contributed by atoms with Crippen molar-refractivity contribution >= 4 is 23.2 Å². The highest BCUT2D eigenvalue weighted by Crippen LogP contribution is 2.35. The molecule has 5 nitrogen and oxygen atoms in total.